The van der Waals surface area contributed by atoms with Gasteiger partial charge >= 0.3 is 0 Å². The predicted molar refractivity (Wildman–Crippen MR) is 74.2 cm³/mol. The Balaban J connectivity index is 2.64. The van der Waals surface area contributed by atoms with E-state index in [1.807, 2.05) is 32.0 Å². The summed E-state index contributed by atoms with van der Waals surface area (Å²) in [7, 11) is 0. The van der Waals surface area contributed by atoms with Gasteiger partial charge in [-0.05, 0) is 37.8 Å². The summed E-state index contributed by atoms with van der Waals surface area (Å²) in [5.74, 6) is 0.474. The normalized spacial score (nSPS) is 14.7. The average Bonchev–Trinajstić information content (AvgIpc) is 2.18. The monoisotopic (exact) mass is 236 g/mol. The average molecular weight is 236 g/mol. The molecule has 96 valence electrons. The summed E-state index contributed by atoms with van der Waals surface area (Å²) in [6.45, 7) is 8.56. The Morgan fingerprint density at radius 2 is 2.06 bits per heavy atom. The molecule has 17 heavy (non-hydrogen) atoms. The van der Waals surface area contributed by atoms with Gasteiger partial charge in [-0.3, -0.25) is 0 Å². The summed E-state index contributed by atoms with van der Waals surface area (Å²) in [6, 6.07) is 5.88. The van der Waals surface area contributed by atoms with Gasteiger partial charge in [0.2, 0.25) is 0 Å². The molecule has 0 aliphatic heterocycles. The molecule has 1 rings (SSSR count). The Morgan fingerprint density at radius 3 is 2.65 bits per heavy atom. The van der Waals surface area contributed by atoms with Crippen molar-refractivity contribution in [3.05, 3.63) is 23.8 Å². The number of nitrogens with one attached hydrogen (secondary N) is 1. The molecule has 0 fully saturated rings. The SMILES string of the molecule is Cc1cccc(NCC(C)(O)CC(C)C)c1N. The fourth-order valence-electron chi connectivity index (χ4n) is 2.07. The molecule has 0 spiro atoms. The summed E-state index contributed by atoms with van der Waals surface area (Å²) in [6.07, 6.45) is 0.770. The van der Waals surface area contributed by atoms with E-state index in [0.29, 0.717) is 12.5 Å². The van der Waals surface area contributed by atoms with Crippen molar-refractivity contribution in [3.8, 4) is 0 Å². The van der Waals surface area contributed by atoms with Gasteiger partial charge in [-0.15, -0.1) is 0 Å². The van der Waals surface area contributed by atoms with Crippen LogP contribution in [0, 0.1) is 12.8 Å². The predicted octanol–water partition coefficient (Wildman–Crippen LogP) is 2.79. The van der Waals surface area contributed by atoms with Crippen molar-refractivity contribution in [2.75, 3.05) is 17.6 Å². The largest absolute Gasteiger partial charge is 0.397 e. The number of benzene rings is 1. The van der Waals surface area contributed by atoms with Crippen LogP contribution in [0.3, 0.4) is 0 Å². The minimum Gasteiger partial charge on any atom is -0.397 e. The number of aliphatic hydroxyl groups is 1. The number of para-hydroxylation sites is 1. The first-order valence-corrected chi connectivity index (χ1v) is 6.13. The van der Waals surface area contributed by atoms with Gasteiger partial charge in [-0.2, -0.15) is 0 Å². The van der Waals surface area contributed by atoms with Gasteiger partial charge in [-0.1, -0.05) is 26.0 Å². The molecule has 1 aromatic rings. The number of rotatable bonds is 5. The molecular weight excluding hydrogens is 212 g/mol. The minimum absolute atomic E-state index is 0.474. The Labute approximate surface area is 104 Å². The van der Waals surface area contributed by atoms with Crippen molar-refractivity contribution < 1.29 is 5.11 Å². The maximum absolute atomic E-state index is 10.2. The van der Waals surface area contributed by atoms with Gasteiger partial charge in [0.05, 0.1) is 17.0 Å². The number of nitrogens with two attached hydrogens (primary N) is 1. The molecule has 0 saturated heterocycles. The van der Waals surface area contributed by atoms with Crippen LogP contribution in [0.4, 0.5) is 11.4 Å². The van der Waals surface area contributed by atoms with Crippen LogP contribution in [0.2, 0.25) is 0 Å². The van der Waals surface area contributed by atoms with Gasteiger partial charge < -0.3 is 16.2 Å². The second-order valence-corrected chi connectivity index (χ2v) is 5.48. The molecule has 1 aromatic carbocycles. The number of hydrogen-bond acceptors (Lipinski definition) is 3. The molecule has 0 bridgehead atoms. The van der Waals surface area contributed by atoms with E-state index in [1.54, 1.807) is 0 Å². The quantitative estimate of drug-likeness (QED) is 0.689. The lowest BCUT2D eigenvalue weighted by molar-refractivity contribution is 0.0516. The highest BCUT2D eigenvalue weighted by Gasteiger charge is 2.21. The molecule has 0 radical (unpaired) electrons. The molecule has 1 unspecified atom stereocenters. The van der Waals surface area contributed by atoms with Gasteiger partial charge in [-0.25, -0.2) is 0 Å². The third-order valence-electron chi connectivity index (χ3n) is 2.83. The van der Waals surface area contributed by atoms with E-state index >= 15 is 0 Å². The van der Waals surface area contributed by atoms with E-state index < -0.39 is 5.60 Å². The van der Waals surface area contributed by atoms with Crippen molar-refractivity contribution in [2.45, 2.75) is 39.7 Å². The number of hydrogen-bond donors (Lipinski definition) is 3. The summed E-state index contributed by atoms with van der Waals surface area (Å²) >= 11 is 0. The van der Waals surface area contributed by atoms with Gasteiger partial charge in [0.15, 0.2) is 0 Å². The second-order valence-electron chi connectivity index (χ2n) is 5.48. The van der Waals surface area contributed by atoms with Gasteiger partial charge in [0.25, 0.3) is 0 Å². The molecule has 0 aliphatic rings. The number of anilines is 2. The van der Waals surface area contributed by atoms with Crippen molar-refractivity contribution in [1.82, 2.24) is 0 Å². The summed E-state index contributed by atoms with van der Waals surface area (Å²) in [5.41, 5.74) is 7.97. The first kappa shape index (κ1) is 13.8. The molecule has 0 heterocycles. The Bertz CT molecular complexity index is 372. The zero-order valence-electron chi connectivity index (χ0n) is 11.2. The lowest BCUT2D eigenvalue weighted by Crippen LogP contribution is -2.35. The smallest absolute Gasteiger partial charge is 0.0793 e. The highest BCUT2D eigenvalue weighted by molar-refractivity contribution is 5.69. The highest BCUT2D eigenvalue weighted by Crippen LogP contribution is 2.23. The maximum atomic E-state index is 10.2. The van der Waals surface area contributed by atoms with E-state index in [4.69, 9.17) is 5.73 Å². The molecular formula is C14H24N2O. The Hall–Kier alpha value is -1.22. The van der Waals surface area contributed by atoms with Crippen LogP contribution >= 0.6 is 0 Å². The molecule has 0 aliphatic carbocycles. The first-order valence-electron chi connectivity index (χ1n) is 6.13. The van der Waals surface area contributed by atoms with E-state index in [2.05, 4.69) is 19.2 Å². The van der Waals surface area contributed by atoms with Crippen LogP contribution in [-0.2, 0) is 0 Å². The number of nitrogen functional groups attached to an aromatic ring is 1. The van der Waals surface area contributed by atoms with Crippen LogP contribution in [0.15, 0.2) is 18.2 Å². The minimum atomic E-state index is -0.704. The van der Waals surface area contributed by atoms with Crippen molar-refractivity contribution >= 4 is 11.4 Å². The topological polar surface area (TPSA) is 58.3 Å². The summed E-state index contributed by atoms with van der Waals surface area (Å²) < 4.78 is 0. The molecule has 0 aromatic heterocycles. The lowest BCUT2D eigenvalue weighted by Gasteiger charge is -2.26. The first-order chi connectivity index (χ1) is 7.82. The van der Waals surface area contributed by atoms with Crippen molar-refractivity contribution in [3.63, 3.8) is 0 Å². The van der Waals surface area contributed by atoms with E-state index in [0.717, 1.165) is 23.4 Å². The van der Waals surface area contributed by atoms with Crippen LogP contribution in [0.1, 0.15) is 32.8 Å². The molecule has 0 amide bonds. The van der Waals surface area contributed by atoms with E-state index in [9.17, 15) is 5.11 Å². The third kappa shape index (κ3) is 4.27. The summed E-state index contributed by atoms with van der Waals surface area (Å²) in [4.78, 5) is 0. The molecule has 3 nitrogen and oxygen atoms in total. The van der Waals surface area contributed by atoms with Crippen molar-refractivity contribution in [1.29, 1.82) is 0 Å². The fraction of sp³-hybridized carbons (Fsp3) is 0.571. The van der Waals surface area contributed by atoms with Crippen LogP contribution in [-0.4, -0.2) is 17.3 Å². The zero-order chi connectivity index (χ0) is 13.1. The maximum Gasteiger partial charge on any atom is 0.0793 e. The zero-order valence-corrected chi connectivity index (χ0v) is 11.2. The molecule has 1 atom stereocenters. The standard InChI is InChI=1S/C14H24N2O/c1-10(2)8-14(4,17)9-16-12-7-5-6-11(3)13(12)15/h5-7,10,16-17H,8-9,15H2,1-4H3. The fourth-order valence-corrected chi connectivity index (χ4v) is 2.07. The van der Waals surface area contributed by atoms with Crippen LogP contribution < -0.4 is 11.1 Å². The molecule has 3 heteroatoms. The van der Waals surface area contributed by atoms with E-state index in [1.165, 1.54) is 0 Å². The van der Waals surface area contributed by atoms with Gasteiger partial charge in [0.1, 0.15) is 0 Å². The Morgan fingerprint density at radius 1 is 1.41 bits per heavy atom. The lowest BCUT2D eigenvalue weighted by atomic mass is 9.94. The number of aryl methyl sites for hydroxylation is 1. The molecule has 0 saturated carbocycles. The summed E-state index contributed by atoms with van der Waals surface area (Å²) in [5, 5.41) is 13.4. The second kappa shape index (κ2) is 5.41. The van der Waals surface area contributed by atoms with Gasteiger partial charge in [0, 0.05) is 6.54 Å². The Kier molecular flexibility index (Phi) is 4.40. The van der Waals surface area contributed by atoms with Crippen LogP contribution in [0.5, 0.6) is 0 Å². The molecule has 4 N–H and O–H groups in total. The third-order valence-corrected chi connectivity index (χ3v) is 2.83. The highest BCUT2D eigenvalue weighted by atomic mass is 16.3. The van der Waals surface area contributed by atoms with Crippen LogP contribution in [0.25, 0.3) is 0 Å². The van der Waals surface area contributed by atoms with E-state index in [-0.39, 0.29) is 0 Å². The van der Waals surface area contributed by atoms with Crippen molar-refractivity contribution in [2.24, 2.45) is 5.92 Å².